The molecule has 5 heteroatoms. The Morgan fingerprint density at radius 2 is 2.04 bits per heavy atom. The lowest BCUT2D eigenvalue weighted by Gasteiger charge is -2.20. The topological polar surface area (TPSA) is 75.4 Å². The van der Waals surface area contributed by atoms with Crippen molar-refractivity contribution < 1.29 is 14.4 Å². The number of carbonyl (C=O) groups is 1. The highest BCUT2D eigenvalue weighted by Gasteiger charge is 2.26. The fraction of sp³-hybridized carbons (Fsp3) is 0.444. The third-order valence-electron chi connectivity index (χ3n) is 4.39. The number of aryl methyl sites for hydroxylation is 1. The molecule has 1 aliphatic carbocycles. The smallest absolute Gasteiger partial charge is 0.274 e. The molecule has 0 fully saturated rings. The quantitative estimate of drug-likeness (QED) is 0.888. The number of nitrogens with one attached hydrogen (secondary N) is 1. The summed E-state index contributed by atoms with van der Waals surface area (Å²) in [6.45, 7) is 1.80. The van der Waals surface area contributed by atoms with Crippen LogP contribution in [0.5, 0.6) is 0 Å². The van der Waals surface area contributed by atoms with Gasteiger partial charge in [-0.05, 0) is 31.7 Å². The average Bonchev–Trinajstić information content (AvgIpc) is 2.99. The van der Waals surface area contributed by atoms with Crippen LogP contribution in [-0.4, -0.2) is 28.3 Å². The van der Waals surface area contributed by atoms with Crippen LogP contribution in [-0.2, 0) is 19.3 Å². The highest BCUT2D eigenvalue weighted by molar-refractivity contribution is 5.94. The van der Waals surface area contributed by atoms with E-state index in [1.807, 2.05) is 30.3 Å². The van der Waals surface area contributed by atoms with Gasteiger partial charge in [0.1, 0.15) is 5.76 Å². The first-order chi connectivity index (χ1) is 11.1. The molecule has 0 aliphatic heterocycles. The summed E-state index contributed by atoms with van der Waals surface area (Å²) in [6.07, 6.45) is 3.67. The van der Waals surface area contributed by atoms with Gasteiger partial charge in [-0.1, -0.05) is 35.5 Å². The highest BCUT2D eigenvalue weighted by atomic mass is 16.5. The fourth-order valence-electron chi connectivity index (χ4n) is 2.97. The lowest BCUT2D eigenvalue weighted by atomic mass is 9.96. The predicted octanol–water partition coefficient (Wildman–Crippen LogP) is 2.28. The van der Waals surface area contributed by atoms with E-state index in [9.17, 15) is 9.90 Å². The first-order valence-electron chi connectivity index (χ1n) is 8.15. The SMILES string of the molecule is CC(NC(=O)c1noc2c1CCCC2)C(O)Cc1ccccc1. The van der Waals surface area contributed by atoms with Crippen molar-refractivity contribution in [2.24, 2.45) is 0 Å². The number of aliphatic hydroxyl groups is 1. The molecule has 122 valence electrons. The number of hydrogen-bond acceptors (Lipinski definition) is 4. The minimum Gasteiger partial charge on any atom is -0.391 e. The van der Waals surface area contributed by atoms with Gasteiger partial charge in [0, 0.05) is 18.4 Å². The lowest BCUT2D eigenvalue weighted by Crippen LogP contribution is -2.42. The maximum atomic E-state index is 12.4. The molecule has 0 spiro atoms. The number of fused-ring (bicyclic) bond motifs is 1. The van der Waals surface area contributed by atoms with Gasteiger partial charge in [-0.2, -0.15) is 0 Å². The Bertz CT molecular complexity index is 666. The van der Waals surface area contributed by atoms with Crippen molar-refractivity contribution in [1.82, 2.24) is 10.5 Å². The fourth-order valence-corrected chi connectivity index (χ4v) is 2.97. The largest absolute Gasteiger partial charge is 0.391 e. The van der Waals surface area contributed by atoms with Gasteiger partial charge in [0.25, 0.3) is 5.91 Å². The molecule has 0 bridgehead atoms. The lowest BCUT2D eigenvalue weighted by molar-refractivity contribution is 0.0842. The second-order valence-electron chi connectivity index (χ2n) is 6.16. The first-order valence-corrected chi connectivity index (χ1v) is 8.15. The molecular formula is C18H22N2O3. The minimum absolute atomic E-state index is 0.267. The van der Waals surface area contributed by atoms with Crippen molar-refractivity contribution in [1.29, 1.82) is 0 Å². The van der Waals surface area contributed by atoms with Gasteiger partial charge in [0.05, 0.1) is 12.1 Å². The Morgan fingerprint density at radius 1 is 1.30 bits per heavy atom. The molecule has 2 atom stereocenters. The zero-order valence-corrected chi connectivity index (χ0v) is 13.3. The summed E-state index contributed by atoms with van der Waals surface area (Å²) in [7, 11) is 0. The molecule has 1 amide bonds. The third-order valence-corrected chi connectivity index (χ3v) is 4.39. The van der Waals surface area contributed by atoms with E-state index in [-0.39, 0.29) is 11.9 Å². The van der Waals surface area contributed by atoms with Crippen molar-refractivity contribution >= 4 is 5.91 Å². The molecule has 0 saturated heterocycles. The number of amides is 1. The average molecular weight is 314 g/mol. The molecule has 2 unspecified atom stereocenters. The van der Waals surface area contributed by atoms with Gasteiger partial charge in [0.15, 0.2) is 5.69 Å². The van der Waals surface area contributed by atoms with E-state index in [0.717, 1.165) is 42.6 Å². The molecule has 1 aliphatic rings. The molecule has 23 heavy (non-hydrogen) atoms. The Morgan fingerprint density at radius 3 is 2.83 bits per heavy atom. The molecule has 2 aromatic rings. The standard InChI is InChI=1S/C18H22N2O3/c1-12(15(21)11-13-7-3-2-4-8-13)19-18(22)17-14-9-5-6-10-16(14)23-20-17/h2-4,7-8,12,15,21H,5-6,9-11H2,1H3,(H,19,22). The third kappa shape index (κ3) is 3.62. The second kappa shape index (κ2) is 6.96. The van der Waals surface area contributed by atoms with E-state index in [1.54, 1.807) is 6.92 Å². The number of rotatable bonds is 5. The maximum Gasteiger partial charge on any atom is 0.274 e. The monoisotopic (exact) mass is 314 g/mol. The molecule has 1 heterocycles. The van der Waals surface area contributed by atoms with Gasteiger partial charge in [-0.3, -0.25) is 4.79 Å². The molecule has 2 N–H and O–H groups in total. The van der Waals surface area contributed by atoms with E-state index in [4.69, 9.17) is 4.52 Å². The minimum atomic E-state index is -0.649. The van der Waals surface area contributed by atoms with Crippen molar-refractivity contribution in [2.75, 3.05) is 0 Å². The zero-order valence-electron chi connectivity index (χ0n) is 13.3. The normalized spacial score (nSPS) is 16.4. The van der Waals surface area contributed by atoms with Crippen LogP contribution in [0.2, 0.25) is 0 Å². The van der Waals surface area contributed by atoms with Crippen LogP contribution in [0.4, 0.5) is 0 Å². The number of hydrogen-bond donors (Lipinski definition) is 2. The summed E-state index contributed by atoms with van der Waals surface area (Å²) >= 11 is 0. The highest BCUT2D eigenvalue weighted by Crippen LogP contribution is 2.24. The van der Waals surface area contributed by atoms with Crippen LogP contribution >= 0.6 is 0 Å². The Labute approximate surface area is 135 Å². The number of aromatic nitrogens is 1. The van der Waals surface area contributed by atoms with Crippen molar-refractivity contribution in [3.05, 3.63) is 52.9 Å². The van der Waals surface area contributed by atoms with Crippen LogP contribution in [0.15, 0.2) is 34.9 Å². The van der Waals surface area contributed by atoms with E-state index >= 15 is 0 Å². The number of aliphatic hydroxyl groups excluding tert-OH is 1. The van der Waals surface area contributed by atoms with Gasteiger partial charge in [-0.15, -0.1) is 0 Å². The van der Waals surface area contributed by atoms with Gasteiger partial charge >= 0.3 is 0 Å². The summed E-state index contributed by atoms with van der Waals surface area (Å²) < 4.78 is 5.27. The van der Waals surface area contributed by atoms with Gasteiger partial charge in [-0.25, -0.2) is 0 Å². The van der Waals surface area contributed by atoms with Crippen molar-refractivity contribution in [3.63, 3.8) is 0 Å². The molecular weight excluding hydrogens is 292 g/mol. The van der Waals surface area contributed by atoms with Crippen LogP contribution in [0, 0.1) is 0 Å². The summed E-state index contributed by atoms with van der Waals surface area (Å²) in [5.74, 6) is 0.565. The van der Waals surface area contributed by atoms with Crippen LogP contribution in [0.25, 0.3) is 0 Å². The molecule has 0 saturated carbocycles. The van der Waals surface area contributed by atoms with E-state index in [2.05, 4.69) is 10.5 Å². The van der Waals surface area contributed by atoms with Crippen LogP contribution in [0.3, 0.4) is 0 Å². The van der Waals surface area contributed by atoms with Crippen LogP contribution in [0.1, 0.15) is 47.1 Å². The van der Waals surface area contributed by atoms with E-state index in [0.29, 0.717) is 12.1 Å². The number of carbonyl (C=O) groups excluding carboxylic acids is 1. The Hall–Kier alpha value is -2.14. The zero-order chi connectivity index (χ0) is 16.2. The summed E-state index contributed by atoms with van der Waals surface area (Å²) in [6, 6.07) is 9.38. The molecule has 1 aromatic heterocycles. The van der Waals surface area contributed by atoms with Crippen LogP contribution < -0.4 is 5.32 Å². The number of benzene rings is 1. The summed E-state index contributed by atoms with van der Waals surface area (Å²) in [5, 5.41) is 17.1. The molecule has 3 rings (SSSR count). The predicted molar refractivity (Wildman–Crippen MR) is 86.2 cm³/mol. The summed E-state index contributed by atoms with van der Waals surface area (Å²) in [5.41, 5.74) is 2.34. The molecule has 0 radical (unpaired) electrons. The maximum absolute atomic E-state index is 12.4. The Balaban J connectivity index is 1.62. The van der Waals surface area contributed by atoms with Gasteiger partial charge in [0.2, 0.25) is 0 Å². The molecule has 5 nitrogen and oxygen atoms in total. The molecule has 1 aromatic carbocycles. The first kappa shape index (κ1) is 15.7. The van der Waals surface area contributed by atoms with Gasteiger partial charge < -0.3 is 14.9 Å². The second-order valence-corrected chi connectivity index (χ2v) is 6.16. The Kier molecular flexibility index (Phi) is 4.76. The van der Waals surface area contributed by atoms with Crippen molar-refractivity contribution in [3.8, 4) is 0 Å². The van der Waals surface area contributed by atoms with Crippen molar-refractivity contribution in [2.45, 2.75) is 51.2 Å². The van der Waals surface area contributed by atoms with E-state index in [1.165, 1.54) is 0 Å². The number of nitrogens with zero attached hydrogens (tertiary/aromatic N) is 1. The summed E-state index contributed by atoms with van der Waals surface area (Å²) in [4.78, 5) is 12.4. The van der Waals surface area contributed by atoms with E-state index < -0.39 is 6.10 Å².